The summed E-state index contributed by atoms with van der Waals surface area (Å²) in [4.78, 5) is 27.0. The number of para-hydroxylation sites is 1. The molecule has 0 bridgehead atoms. The molecule has 6 nitrogen and oxygen atoms in total. The van der Waals surface area contributed by atoms with E-state index in [2.05, 4.69) is 0 Å². The molecular formula is C23H16ClFN2O4S. The van der Waals surface area contributed by atoms with Crippen LogP contribution in [0.2, 0.25) is 5.02 Å². The van der Waals surface area contributed by atoms with Gasteiger partial charge in [0.15, 0.2) is 9.84 Å². The molecule has 1 spiro atoms. The van der Waals surface area contributed by atoms with Crippen LogP contribution in [-0.2, 0) is 30.8 Å². The fourth-order valence-electron chi connectivity index (χ4n) is 4.46. The second-order valence-corrected chi connectivity index (χ2v) is 10.2. The van der Waals surface area contributed by atoms with Crippen LogP contribution in [0.3, 0.4) is 0 Å². The third-order valence-electron chi connectivity index (χ3n) is 5.74. The minimum Gasteiger partial charge on any atom is -0.304 e. The third kappa shape index (κ3) is 2.79. The van der Waals surface area contributed by atoms with Crippen molar-refractivity contribution >= 4 is 44.6 Å². The first kappa shape index (κ1) is 20.7. The van der Waals surface area contributed by atoms with Gasteiger partial charge in [-0.25, -0.2) is 12.8 Å². The van der Waals surface area contributed by atoms with Crippen molar-refractivity contribution in [3.8, 4) is 0 Å². The number of carbonyl (C=O) groups excluding carboxylic acids is 2. The maximum atomic E-state index is 13.9. The molecule has 1 fully saturated rings. The van der Waals surface area contributed by atoms with Gasteiger partial charge in [0, 0.05) is 16.3 Å². The van der Waals surface area contributed by atoms with E-state index in [1.807, 2.05) is 0 Å². The molecule has 2 aliphatic heterocycles. The molecular weight excluding hydrogens is 455 g/mol. The Morgan fingerprint density at radius 3 is 2.41 bits per heavy atom. The van der Waals surface area contributed by atoms with Crippen LogP contribution in [-0.4, -0.2) is 26.0 Å². The van der Waals surface area contributed by atoms with Crippen LogP contribution in [0.15, 0.2) is 72.8 Å². The van der Waals surface area contributed by atoms with E-state index in [9.17, 15) is 22.4 Å². The Kier molecular flexibility index (Phi) is 4.61. The molecule has 5 rings (SSSR count). The molecule has 0 radical (unpaired) electrons. The fourth-order valence-corrected chi connectivity index (χ4v) is 6.62. The van der Waals surface area contributed by atoms with E-state index in [1.54, 1.807) is 24.3 Å². The van der Waals surface area contributed by atoms with Gasteiger partial charge in [-0.05, 0) is 48.0 Å². The number of rotatable bonds is 3. The zero-order valence-electron chi connectivity index (χ0n) is 16.5. The average molecular weight is 471 g/mol. The number of hydrogen-bond donors (Lipinski definition) is 0. The summed E-state index contributed by atoms with van der Waals surface area (Å²) in [7, 11) is -4.26. The van der Waals surface area contributed by atoms with Crippen LogP contribution < -0.4 is 9.80 Å². The van der Waals surface area contributed by atoms with Gasteiger partial charge < -0.3 is 4.90 Å². The monoisotopic (exact) mass is 470 g/mol. The van der Waals surface area contributed by atoms with Crippen molar-refractivity contribution in [1.82, 2.24) is 0 Å². The summed E-state index contributed by atoms with van der Waals surface area (Å²) in [6, 6.07) is 18.3. The molecule has 1 atom stereocenters. The normalized spacial score (nSPS) is 21.4. The van der Waals surface area contributed by atoms with Crippen LogP contribution in [0.4, 0.5) is 15.8 Å². The number of sulfone groups is 1. The van der Waals surface area contributed by atoms with E-state index >= 15 is 0 Å². The summed E-state index contributed by atoms with van der Waals surface area (Å²) in [5.41, 5.74) is 1.29. The van der Waals surface area contributed by atoms with Gasteiger partial charge in [-0.3, -0.25) is 14.5 Å². The first-order valence-electron chi connectivity index (χ1n) is 9.72. The first-order valence-corrected chi connectivity index (χ1v) is 11.8. The van der Waals surface area contributed by atoms with Crippen molar-refractivity contribution in [2.24, 2.45) is 0 Å². The largest absolute Gasteiger partial charge is 0.304 e. The fraction of sp³-hybridized carbons (Fsp3) is 0.130. The molecule has 2 aliphatic rings. The molecule has 1 saturated heterocycles. The highest BCUT2D eigenvalue weighted by Gasteiger charge is 2.69. The topological polar surface area (TPSA) is 74.8 Å². The zero-order chi connectivity index (χ0) is 22.7. The Labute approximate surface area is 188 Å². The minimum atomic E-state index is -4.26. The number of hydrogen-bond acceptors (Lipinski definition) is 4. The number of amides is 2. The Hall–Kier alpha value is -3.23. The van der Waals surface area contributed by atoms with Crippen molar-refractivity contribution in [3.05, 3.63) is 94.8 Å². The molecule has 3 aromatic rings. The van der Waals surface area contributed by atoms with E-state index in [0.717, 1.165) is 4.90 Å². The van der Waals surface area contributed by atoms with Crippen molar-refractivity contribution in [2.75, 3.05) is 15.6 Å². The van der Waals surface area contributed by atoms with Gasteiger partial charge in [-0.15, -0.1) is 0 Å². The van der Waals surface area contributed by atoms with Crippen molar-refractivity contribution in [3.63, 3.8) is 0 Å². The Morgan fingerprint density at radius 2 is 1.69 bits per heavy atom. The maximum Gasteiger partial charge on any atom is 0.274 e. The molecule has 9 heteroatoms. The predicted molar refractivity (Wildman–Crippen MR) is 118 cm³/mol. The second kappa shape index (κ2) is 7.15. The van der Waals surface area contributed by atoms with E-state index in [0.29, 0.717) is 16.3 Å². The molecule has 0 aliphatic carbocycles. The zero-order valence-corrected chi connectivity index (χ0v) is 18.1. The van der Waals surface area contributed by atoms with Gasteiger partial charge in [-0.1, -0.05) is 41.9 Å². The summed E-state index contributed by atoms with van der Waals surface area (Å²) < 4.78 is 40.7. The lowest BCUT2D eigenvalue weighted by molar-refractivity contribution is -0.123. The van der Waals surface area contributed by atoms with Gasteiger partial charge in [0.2, 0.25) is 5.91 Å². The van der Waals surface area contributed by atoms with Gasteiger partial charge in [0.25, 0.3) is 10.8 Å². The summed E-state index contributed by atoms with van der Waals surface area (Å²) >= 11 is 5.97. The van der Waals surface area contributed by atoms with Crippen molar-refractivity contribution < 1.29 is 22.4 Å². The van der Waals surface area contributed by atoms with Crippen molar-refractivity contribution in [1.29, 1.82) is 0 Å². The third-order valence-corrected chi connectivity index (χ3v) is 8.09. The quantitative estimate of drug-likeness (QED) is 0.585. The number of anilines is 2. The number of fused-ring (bicyclic) bond motifs is 2. The second-order valence-electron chi connectivity index (χ2n) is 7.65. The summed E-state index contributed by atoms with van der Waals surface area (Å²) in [5.74, 6) is -2.75. The molecule has 2 amide bonds. The molecule has 162 valence electrons. The standard InChI is InChI=1S/C23H16ClFN2O4S/c24-16-8-10-18(11-9-16)27-21(28)14-32(30,31)23(27)19-6-1-2-7-20(19)26(22(23)29)13-15-4-3-5-17(25)12-15/h1-12H,13-14H2/t23-/m1/s1. The van der Waals surface area contributed by atoms with Crippen LogP contribution in [0.5, 0.6) is 0 Å². The highest BCUT2D eigenvalue weighted by Crippen LogP contribution is 2.52. The Morgan fingerprint density at radius 1 is 0.969 bits per heavy atom. The molecule has 32 heavy (non-hydrogen) atoms. The molecule has 0 saturated carbocycles. The van der Waals surface area contributed by atoms with Crippen LogP contribution >= 0.6 is 11.6 Å². The summed E-state index contributed by atoms with van der Waals surface area (Å²) in [6.45, 7) is -0.0481. The predicted octanol–water partition coefficient (Wildman–Crippen LogP) is 3.64. The SMILES string of the molecule is O=C1CS(=O)(=O)[C@]2(C(=O)N(Cc3cccc(F)c3)c3ccccc32)N1c1ccc(Cl)cc1. The lowest BCUT2D eigenvalue weighted by atomic mass is 10.0. The van der Waals surface area contributed by atoms with Crippen LogP contribution in [0.25, 0.3) is 0 Å². The van der Waals surface area contributed by atoms with Crippen LogP contribution in [0.1, 0.15) is 11.1 Å². The first-order chi connectivity index (χ1) is 15.3. The van der Waals surface area contributed by atoms with Gasteiger partial charge in [0.05, 0.1) is 12.2 Å². The highest BCUT2D eigenvalue weighted by molar-refractivity contribution is 7.94. The van der Waals surface area contributed by atoms with Gasteiger partial charge >= 0.3 is 0 Å². The molecule has 0 aromatic heterocycles. The smallest absolute Gasteiger partial charge is 0.274 e. The Bertz CT molecular complexity index is 1380. The highest BCUT2D eigenvalue weighted by atomic mass is 35.5. The Balaban J connectivity index is 1.73. The number of carbonyl (C=O) groups is 2. The van der Waals surface area contributed by atoms with Crippen LogP contribution in [0, 0.1) is 5.82 Å². The molecule has 3 aromatic carbocycles. The average Bonchev–Trinajstić information content (AvgIpc) is 3.12. The molecule has 0 N–H and O–H groups in total. The van der Waals surface area contributed by atoms with E-state index in [1.165, 1.54) is 53.4 Å². The molecule has 0 unspecified atom stereocenters. The molecule has 2 heterocycles. The van der Waals surface area contributed by atoms with E-state index in [-0.39, 0.29) is 17.8 Å². The van der Waals surface area contributed by atoms with E-state index in [4.69, 9.17) is 11.6 Å². The summed E-state index contributed by atoms with van der Waals surface area (Å²) in [5, 5.41) is 0.406. The maximum absolute atomic E-state index is 13.9. The lowest BCUT2D eigenvalue weighted by Gasteiger charge is -2.32. The summed E-state index contributed by atoms with van der Waals surface area (Å²) in [6.07, 6.45) is 0. The van der Waals surface area contributed by atoms with E-state index < -0.39 is 38.1 Å². The lowest BCUT2D eigenvalue weighted by Crippen LogP contribution is -2.54. The number of halogens is 2. The van der Waals surface area contributed by atoms with Crippen molar-refractivity contribution in [2.45, 2.75) is 11.4 Å². The van der Waals surface area contributed by atoms with Gasteiger partial charge in [0.1, 0.15) is 11.6 Å². The minimum absolute atomic E-state index is 0.0481. The van der Waals surface area contributed by atoms with Gasteiger partial charge in [-0.2, -0.15) is 0 Å². The number of benzene rings is 3. The number of nitrogens with zero attached hydrogens (tertiary/aromatic N) is 2.